The van der Waals surface area contributed by atoms with Gasteiger partial charge in [-0.3, -0.25) is 4.90 Å². The van der Waals surface area contributed by atoms with Crippen molar-refractivity contribution >= 4 is 0 Å². The molecule has 1 heterocycles. The molecule has 1 rings (SSSR count). The smallest absolute Gasteiger partial charge is 0.0872 e. The molecule has 1 aliphatic rings. The molecule has 0 aliphatic carbocycles. The monoisotopic (exact) mass is 173 g/mol. The lowest BCUT2D eigenvalue weighted by Crippen LogP contribution is -2.60. The highest BCUT2D eigenvalue weighted by Gasteiger charge is 2.35. The molecular weight excluding hydrogens is 154 g/mol. The third-order valence-corrected chi connectivity index (χ3v) is 2.03. The summed E-state index contributed by atoms with van der Waals surface area (Å²) in [6.45, 7) is 8.17. The zero-order valence-corrected chi connectivity index (χ0v) is 8.05. The van der Waals surface area contributed by atoms with Crippen molar-refractivity contribution in [3.8, 4) is 0 Å². The minimum Gasteiger partial charge on any atom is -0.388 e. The van der Waals surface area contributed by atoms with Crippen molar-refractivity contribution in [1.82, 2.24) is 4.90 Å². The van der Waals surface area contributed by atoms with E-state index in [0.717, 1.165) is 39.3 Å². The van der Waals surface area contributed by atoms with E-state index in [1.54, 1.807) is 0 Å². The maximum atomic E-state index is 9.40. The van der Waals surface area contributed by atoms with Crippen LogP contribution in [0.1, 0.15) is 20.3 Å². The van der Waals surface area contributed by atoms with Gasteiger partial charge in [-0.05, 0) is 13.3 Å². The van der Waals surface area contributed by atoms with E-state index in [1.165, 1.54) is 0 Å². The van der Waals surface area contributed by atoms with Gasteiger partial charge in [0.2, 0.25) is 0 Å². The fraction of sp³-hybridized carbons (Fsp3) is 1.00. The minimum absolute atomic E-state index is 0.440. The van der Waals surface area contributed by atoms with Crippen LogP contribution in [0.2, 0.25) is 0 Å². The average molecular weight is 173 g/mol. The average Bonchev–Trinajstić information content (AvgIpc) is 1.94. The fourth-order valence-corrected chi connectivity index (χ4v) is 1.52. The largest absolute Gasteiger partial charge is 0.388 e. The second kappa shape index (κ2) is 4.21. The first-order valence-corrected chi connectivity index (χ1v) is 4.66. The van der Waals surface area contributed by atoms with Crippen LogP contribution < -0.4 is 0 Å². The van der Waals surface area contributed by atoms with Gasteiger partial charge in [0.05, 0.1) is 12.2 Å². The number of β-amino-alcohol motifs (C(OH)–C–C–N with tert-alkyl or cyclic N) is 1. The Morgan fingerprint density at radius 1 is 1.42 bits per heavy atom. The SMILES string of the molecule is CCCOCCN1CC(C)(O)C1. The highest BCUT2D eigenvalue weighted by Crippen LogP contribution is 2.18. The van der Waals surface area contributed by atoms with Gasteiger partial charge in [-0.15, -0.1) is 0 Å². The van der Waals surface area contributed by atoms with E-state index in [0.29, 0.717) is 0 Å². The number of rotatable bonds is 5. The number of likely N-dealkylation sites (tertiary alicyclic amines) is 1. The van der Waals surface area contributed by atoms with Crippen molar-refractivity contribution in [2.24, 2.45) is 0 Å². The number of nitrogens with zero attached hydrogens (tertiary/aromatic N) is 1. The Bertz CT molecular complexity index is 128. The Morgan fingerprint density at radius 3 is 2.58 bits per heavy atom. The van der Waals surface area contributed by atoms with Gasteiger partial charge in [0.15, 0.2) is 0 Å². The first kappa shape index (κ1) is 9.96. The van der Waals surface area contributed by atoms with E-state index < -0.39 is 5.60 Å². The topological polar surface area (TPSA) is 32.7 Å². The van der Waals surface area contributed by atoms with Crippen LogP contribution >= 0.6 is 0 Å². The predicted octanol–water partition coefficient (Wildman–Crippen LogP) is 0.480. The molecule has 0 radical (unpaired) electrons. The van der Waals surface area contributed by atoms with Crippen LogP contribution in [-0.4, -0.2) is 48.5 Å². The van der Waals surface area contributed by atoms with Gasteiger partial charge in [0, 0.05) is 26.2 Å². The molecule has 0 aromatic heterocycles. The molecule has 1 fully saturated rings. The molecule has 3 heteroatoms. The zero-order valence-electron chi connectivity index (χ0n) is 8.05. The molecule has 0 unspecified atom stereocenters. The van der Waals surface area contributed by atoms with Gasteiger partial charge in [0.25, 0.3) is 0 Å². The zero-order chi connectivity index (χ0) is 9.03. The van der Waals surface area contributed by atoms with Crippen LogP contribution in [0.3, 0.4) is 0 Å². The molecule has 0 atom stereocenters. The maximum Gasteiger partial charge on any atom is 0.0872 e. The standard InChI is InChI=1S/C9H19NO2/c1-3-5-12-6-4-10-7-9(2,11)8-10/h11H,3-8H2,1-2H3. The fourth-order valence-electron chi connectivity index (χ4n) is 1.52. The second-order valence-electron chi connectivity index (χ2n) is 3.82. The summed E-state index contributed by atoms with van der Waals surface area (Å²) in [4.78, 5) is 2.20. The van der Waals surface area contributed by atoms with Gasteiger partial charge in [-0.25, -0.2) is 0 Å². The Morgan fingerprint density at radius 2 is 2.08 bits per heavy atom. The Balaban J connectivity index is 1.90. The van der Waals surface area contributed by atoms with Crippen LogP contribution in [0.5, 0.6) is 0 Å². The lowest BCUT2D eigenvalue weighted by atomic mass is 9.97. The van der Waals surface area contributed by atoms with Crippen molar-refractivity contribution < 1.29 is 9.84 Å². The van der Waals surface area contributed by atoms with Crippen molar-refractivity contribution in [1.29, 1.82) is 0 Å². The third kappa shape index (κ3) is 3.09. The molecule has 0 saturated carbocycles. The van der Waals surface area contributed by atoms with Crippen molar-refractivity contribution in [2.75, 3.05) is 32.8 Å². The summed E-state index contributed by atoms with van der Waals surface area (Å²) in [6.07, 6.45) is 1.08. The van der Waals surface area contributed by atoms with E-state index in [1.807, 2.05) is 6.92 Å². The van der Waals surface area contributed by atoms with Gasteiger partial charge in [-0.1, -0.05) is 6.92 Å². The van der Waals surface area contributed by atoms with Crippen molar-refractivity contribution in [2.45, 2.75) is 25.9 Å². The molecule has 0 aromatic rings. The quantitative estimate of drug-likeness (QED) is 0.614. The Kier molecular flexibility index (Phi) is 3.50. The molecule has 1 saturated heterocycles. The van der Waals surface area contributed by atoms with Gasteiger partial charge >= 0.3 is 0 Å². The Labute approximate surface area is 74.3 Å². The molecule has 1 N–H and O–H groups in total. The maximum absolute atomic E-state index is 9.40. The van der Waals surface area contributed by atoms with Crippen molar-refractivity contribution in [3.63, 3.8) is 0 Å². The number of ether oxygens (including phenoxy) is 1. The Hall–Kier alpha value is -0.120. The lowest BCUT2D eigenvalue weighted by Gasteiger charge is -2.44. The summed E-state index contributed by atoms with van der Waals surface area (Å²) in [7, 11) is 0. The first-order valence-electron chi connectivity index (χ1n) is 4.66. The normalized spacial score (nSPS) is 22.2. The van der Waals surface area contributed by atoms with Crippen molar-refractivity contribution in [3.05, 3.63) is 0 Å². The van der Waals surface area contributed by atoms with E-state index in [9.17, 15) is 5.11 Å². The highest BCUT2D eigenvalue weighted by atomic mass is 16.5. The lowest BCUT2D eigenvalue weighted by molar-refractivity contribution is -0.0900. The van der Waals surface area contributed by atoms with Gasteiger partial charge in [0.1, 0.15) is 0 Å². The summed E-state index contributed by atoms with van der Waals surface area (Å²) in [5.41, 5.74) is -0.440. The van der Waals surface area contributed by atoms with Crippen LogP contribution in [0.25, 0.3) is 0 Å². The number of hydrogen-bond acceptors (Lipinski definition) is 3. The second-order valence-corrected chi connectivity index (χ2v) is 3.82. The molecule has 12 heavy (non-hydrogen) atoms. The molecular formula is C9H19NO2. The van der Waals surface area contributed by atoms with Crippen LogP contribution in [-0.2, 0) is 4.74 Å². The molecule has 72 valence electrons. The van der Waals surface area contributed by atoms with Crippen LogP contribution in [0.4, 0.5) is 0 Å². The molecule has 0 spiro atoms. The summed E-state index contributed by atoms with van der Waals surface area (Å²) in [6, 6.07) is 0. The van der Waals surface area contributed by atoms with Crippen LogP contribution in [0.15, 0.2) is 0 Å². The predicted molar refractivity (Wildman–Crippen MR) is 48.2 cm³/mol. The third-order valence-electron chi connectivity index (χ3n) is 2.03. The van der Waals surface area contributed by atoms with Crippen LogP contribution in [0, 0.1) is 0 Å². The minimum atomic E-state index is -0.440. The molecule has 0 aromatic carbocycles. The summed E-state index contributed by atoms with van der Waals surface area (Å²) < 4.78 is 5.33. The molecule has 1 aliphatic heterocycles. The van der Waals surface area contributed by atoms with E-state index in [-0.39, 0.29) is 0 Å². The summed E-state index contributed by atoms with van der Waals surface area (Å²) in [5, 5.41) is 9.40. The van der Waals surface area contributed by atoms with E-state index in [4.69, 9.17) is 4.74 Å². The van der Waals surface area contributed by atoms with Gasteiger partial charge < -0.3 is 9.84 Å². The first-order chi connectivity index (χ1) is 5.64. The number of aliphatic hydroxyl groups is 1. The highest BCUT2D eigenvalue weighted by molar-refractivity contribution is 4.90. The summed E-state index contributed by atoms with van der Waals surface area (Å²) in [5.74, 6) is 0. The molecule has 0 amide bonds. The summed E-state index contributed by atoms with van der Waals surface area (Å²) >= 11 is 0. The molecule has 0 bridgehead atoms. The number of hydrogen-bond donors (Lipinski definition) is 1. The van der Waals surface area contributed by atoms with E-state index >= 15 is 0 Å². The van der Waals surface area contributed by atoms with Gasteiger partial charge in [-0.2, -0.15) is 0 Å². The molecule has 3 nitrogen and oxygen atoms in total. The van der Waals surface area contributed by atoms with E-state index in [2.05, 4.69) is 11.8 Å².